The zero-order chi connectivity index (χ0) is 16.5. The van der Waals surface area contributed by atoms with Gasteiger partial charge in [0.25, 0.3) is 0 Å². The van der Waals surface area contributed by atoms with Crippen molar-refractivity contribution >= 4 is 22.5 Å². The highest BCUT2D eigenvalue weighted by molar-refractivity contribution is 5.77. The van der Waals surface area contributed by atoms with E-state index >= 15 is 0 Å². The molecule has 9 heteroatoms. The average Bonchev–Trinajstić information content (AvgIpc) is 3.23. The summed E-state index contributed by atoms with van der Waals surface area (Å²) in [5.74, 6) is 0.348. The Morgan fingerprint density at radius 3 is 2.79 bits per heavy atom. The molecule has 24 heavy (non-hydrogen) atoms. The van der Waals surface area contributed by atoms with Crippen LogP contribution in [-0.4, -0.2) is 35.9 Å². The second-order valence-corrected chi connectivity index (χ2v) is 5.77. The van der Waals surface area contributed by atoms with Gasteiger partial charge in [-0.1, -0.05) is 30.2 Å². The Kier molecular flexibility index (Phi) is 3.52. The SMILES string of the molecule is O=[N+]([O-])c1c(NC2CCCC2)ncnc1-n1nnc2ccccc21. The molecular formula is C15H15N7O2. The van der Waals surface area contributed by atoms with Crippen molar-refractivity contribution in [3.8, 4) is 5.82 Å². The topological polar surface area (TPSA) is 112 Å². The van der Waals surface area contributed by atoms with Crippen molar-refractivity contribution in [2.24, 2.45) is 0 Å². The predicted molar refractivity (Wildman–Crippen MR) is 87.0 cm³/mol. The molecule has 1 fully saturated rings. The largest absolute Gasteiger partial charge is 0.361 e. The number of nitro groups is 1. The fourth-order valence-electron chi connectivity index (χ4n) is 3.09. The van der Waals surface area contributed by atoms with Crippen molar-refractivity contribution in [1.29, 1.82) is 0 Å². The van der Waals surface area contributed by atoms with E-state index in [0.29, 0.717) is 11.0 Å². The molecule has 1 aliphatic rings. The van der Waals surface area contributed by atoms with Crippen molar-refractivity contribution in [1.82, 2.24) is 25.0 Å². The highest BCUT2D eigenvalue weighted by Crippen LogP contribution is 2.31. The fourth-order valence-corrected chi connectivity index (χ4v) is 3.09. The minimum absolute atomic E-state index is 0.115. The Labute approximate surface area is 136 Å². The smallest absolute Gasteiger partial charge is 0.355 e. The Hall–Kier alpha value is -3.10. The number of nitrogens with one attached hydrogen (secondary N) is 1. The van der Waals surface area contributed by atoms with Gasteiger partial charge >= 0.3 is 5.69 Å². The standard InChI is InChI=1S/C15H15N7O2/c23-22(24)13-14(18-10-5-1-2-6-10)16-9-17-15(13)21-12-8-4-3-7-11(12)19-20-21/h3-4,7-10H,1-2,5-6H2,(H,16,17,18). The summed E-state index contributed by atoms with van der Waals surface area (Å²) in [6.07, 6.45) is 5.54. The van der Waals surface area contributed by atoms with E-state index in [2.05, 4.69) is 25.6 Å². The molecule has 0 amide bonds. The van der Waals surface area contributed by atoms with E-state index in [1.54, 1.807) is 12.1 Å². The van der Waals surface area contributed by atoms with Crippen molar-refractivity contribution in [2.75, 3.05) is 5.32 Å². The first-order valence-corrected chi connectivity index (χ1v) is 7.81. The molecule has 9 nitrogen and oxygen atoms in total. The highest BCUT2D eigenvalue weighted by atomic mass is 16.6. The maximum Gasteiger partial charge on any atom is 0.355 e. The lowest BCUT2D eigenvalue weighted by molar-refractivity contribution is -0.384. The van der Waals surface area contributed by atoms with Crippen molar-refractivity contribution in [3.63, 3.8) is 0 Å². The van der Waals surface area contributed by atoms with Crippen LogP contribution in [0.3, 0.4) is 0 Å². The van der Waals surface area contributed by atoms with Crippen LogP contribution in [0.15, 0.2) is 30.6 Å². The summed E-state index contributed by atoms with van der Waals surface area (Å²) in [6.45, 7) is 0. The minimum atomic E-state index is -0.469. The van der Waals surface area contributed by atoms with E-state index < -0.39 is 4.92 Å². The van der Waals surface area contributed by atoms with Crippen molar-refractivity contribution in [3.05, 3.63) is 40.7 Å². The summed E-state index contributed by atoms with van der Waals surface area (Å²) in [5, 5.41) is 22.9. The molecule has 0 atom stereocenters. The number of anilines is 1. The van der Waals surface area contributed by atoms with E-state index in [4.69, 9.17) is 0 Å². The normalized spacial score (nSPS) is 15.0. The molecular weight excluding hydrogens is 310 g/mol. The number of aromatic nitrogens is 5. The second kappa shape index (κ2) is 5.84. The summed E-state index contributed by atoms with van der Waals surface area (Å²) in [5.41, 5.74) is 1.13. The van der Waals surface area contributed by atoms with Gasteiger partial charge in [0.1, 0.15) is 11.8 Å². The zero-order valence-electron chi connectivity index (χ0n) is 12.8. The van der Waals surface area contributed by atoms with Gasteiger partial charge in [-0.25, -0.2) is 9.97 Å². The molecule has 0 aliphatic heterocycles. The Morgan fingerprint density at radius 2 is 2.00 bits per heavy atom. The first kappa shape index (κ1) is 14.5. The summed E-state index contributed by atoms with van der Waals surface area (Å²) in [4.78, 5) is 19.4. The molecule has 2 heterocycles. The third-order valence-electron chi connectivity index (χ3n) is 4.23. The predicted octanol–water partition coefficient (Wildman–Crippen LogP) is 2.47. The van der Waals surface area contributed by atoms with Gasteiger partial charge in [0, 0.05) is 6.04 Å². The Bertz CT molecular complexity index is 902. The van der Waals surface area contributed by atoms with Gasteiger partial charge in [-0.2, -0.15) is 4.68 Å². The number of hydrogen-bond acceptors (Lipinski definition) is 7. The van der Waals surface area contributed by atoms with E-state index in [-0.39, 0.29) is 23.4 Å². The van der Waals surface area contributed by atoms with Gasteiger partial charge in [-0.15, -0.1) is 5.10 Å². The molecule has 0 unspecified atom stereocenters. The monoisotopic (exact) mass is 325 g/mol. The van der Waals surface area contributed by atoms with Crippen LogP contribution in [0.1, 0.15) is 25.7 Å². The molecule has 1 aliphatic carbocycles. The van der Waals surface area contributed by atoms with Crippen LogP contribution < -0.4 is 5.32 Å². The van der Waals surface area contributed by atoms with Crippen molar-refractivity contribution < 1.29 is 4.92 Å². The lowest BCUT2D eigenvalue weighted by Gasteiger charge is -2.13. The molecule has 1 saturated carbocycles. The number of nitrogens with zero attached hydrogens (tertiary/aromatic N) is 6. The maximum absolute atomic E-state index is 11.7. The zero-order valence-corrected chi connectivity index (χ0v) is 12.8. The van der Waals surface area contributed by atoms with Crippen LogP contribution in [0.4, 0.5) is 11.5 Å². The maximum atomic E-state index is 11.7. The molecule has 0 radical (unpaired) electrons. The molecule has 0 bridgehead atoms. The van der Waals surface area contributed by atoms with E-state index in [0.717, 1.165) is 25.7 Å². The average molecular weight is 325 g/mol. The van der Waals surface area contributed by atoms with Crippen LogP contribution in [0.25, 0.3) is 16.9 Å². The fraction of sp³-hybridized carbons (Fsp3) is 0.333. The first-order valence-electron chi connectivity index (χ1n) is 7.81. The van der Waals surface area contributed by atoms with E-state index in [1.807, 2.05) is 12.1 Å². The number of para-hydroxylation sites is 1. The lowest BCUT2D eigenvalue weighted by atomic mass is 10.2. The van der Waals surface area contributed by atoms with Crippen LogP contribution in [0, 0.1) is 10.1 Å². The van der Waals surface area contributed by atoms with Crippen LogP contribution >= 0.6 is 0 Å². The lowest BCUT2D eigenvalue weighted by Crippen LogP contribution is -2.18. The summed E-state index contributed by atoms with van der Waals surface area (Å²) in [7, 11) is 0. The van der Waals surface area contributed by atoms with Gasteiger partial charge in [0.2, 0.25) is 11.6 Å². The molecule has 3 aromatic rings. The van der Waals surface area contributed by atoms with Crippen LogP contribution in [0.2, 0.25) is 0 Å². The molecule has 122 valence electrons. The van der Waals surface area contributed by atoms with E-state index in [9.17, 15) is 10.1 Å². The third-order valence-corrected chi connectivity index (χ3v) is 4.23. The minimum Gasteiger partial charge on any atom is -0.361 e. The Morgan fingerprint density at radius 1 is 1.21 bits per heavy atom. The van der Waals surface area contributed by atoms with Gasteiger partial charge in [-0.05, 0) is 25.0 Å². The number of benzene rings is 1. The third kappa shape index (κ3) is 2.43. The molecule has 2 aromatic heterocycles. The summed E-state index contributed by atoms with van der Waals surface area (Å²) < 4.78 is 1.38. The van der Waals surface area contributed by atoms with Crippen molar-refractivity contribution in [2.45, 2.75) is 31.7 Å². The summed E-state index contributed by atoms with van der Waals surface area (Å²) >= 11 is 0. The summed E-state index contributed by atoms with van der Waals surface area (Å²) in [6, 6.07) is 7.46. The highest BCUT2D eigenvalue weighted by Gasteiger charge is 2.28. The van der Waals surface area contributed by atoms with E-state index in [1.165, 1.54) is 11.0 Å². The Balaban J connectivity index is 1.84. The molecule has 1 aromatic carbocycles. The van der Waals surface area contributed by atoms with Gasteiger partial charge < -0.3 is 5.32 Å². The van der Waals surface area contributed by atoms with Crippen LogP contribution in [-0.2, 0) is 0 Å². The van der Waals surface area contributed by atoms with Gasteiger partial charge in [0.15, 0.2) is 0 Å². The quantitative estimate of drug-likeness (QED) is 0.579. The molecule has 0 saturated heterocycles. The van der Waals surface area contributed by atoms with Gasteiger partial charge in [0.05, 0.1) is 10.4 Å². The number of fused-ring (bicyclic) bond motifs is 1. The molecule has 1 N–H and O–H groups in total. The molecule has 0 spiro atoms. The van der Waals surface area contributed by atoms with Gasteiger partial charge in [-0.3, -0.25) is 10.1 Å². The number of hydrogen-bond donors (Lipinski definition) is 1. The van der Waals surface area contributed by atoms with Crippen LogP contribution in [0.5, 0.6) is 0 Å². The first-order chi connectivity index (χ1) is 11.7. The number of rotatable bonds is 4. The second-order valence-electron chi connectivity index (χ2n) is 5.77. The molecule has 4 rings (SSSR count).